The van der Waals surface area contributed by atoms with Crippen LogP contribution in [0.15, 0.2) is 53.6 Å². The van der Waals surface area contributed by atoms with Gasteiger partial charge >= 0.3 is 0 Å². The fourth-order valence-corrected chi connectivity index (χ4v) is 5.56. The van der Waals surface area contributed by atoms with Crippen molar-refractivity contribution in [2.24, 2.45) is 7.05 Å². The molecule has 0 spiro atoms. The maximum absolute atomic E-state index is 13.7. The van der Waals surface area contributed by atoms with Gasteiger partial charge in [0.15, 0.2) is 6.23 Å². The molecule has 2 aromatic heterocycles. The van der Waals surface area contributed by atoms with Crippen LogP contribution in [-0.4, -0.2) is 18.9 Å². The molecule has 3 aromatic rings. The fraction of sp³-hybridized carbons (Fsp3) is 0.238. The van der Waals surface area contributed by atoms with Crippen molar-refractivity contribution in [3.05, 3.63) is 77.1 Å². The van der Waals surface area contributed by atoms with E-state index in [0.717, 1.165) is 11.6 Å². The zero-order valence-corrected chi connectivity index (χ0v) is 17.5. The number of nitrogens with zero attached hydrogens (tertiary/aromatic N) is 3. The maximum Gasteiger partial charge on any atom is 0.216 e. The minimum atomic E-state index is -3.32. The summed E-state index contributed by atoms with van der Waals surface area (Å²) in [5.41, 5.74) is 2.05. The van der Waals surface area contributed by atoms with Gasteiger partial charge in [0.25, 0.3) is 0 Å². The first-order chi connectivity index (χ1) is 14.8. The van der Waals surface area contributed by atoms with Crippen LogP contribution in [0.5, 0.6) is 0 Å². The van der Waals surface area contributed by atoms with E-state index in [4.69, 9.17) is 10.0 Å². The van der Waals surface area contributed by atoms with Crippen molar-refractivity contribution in [2.45, 2.75) is 30.0 Å². The van der Waals surface area contributed by atoms with Crippen molar-refractivity contribution in [3.8, 4) is 6.07 Å². The van der Waals surface area contributed by atoms with Crippen molar-refractivity contribution in [2.75, 3.05) is 5.32 Å². The predicted octanol–water partition coefficient (Wildman–Crippen LogP) is 3.13. The molecule has 31 heavy (non-hydrogen) atoms. The summed E-state index contributed by atoms with van der Waals surface area (Å²) < 4.78 is 40.0. The van der Waals surface area contributed by atoms with Gasteiger partial charge in [-0.05, 0) is 30.0 Å². The van der Waals surface area contributed by atoms with Gasteiger partial charge in [0.1, 0.15) is 21.7 Å². The standard InChI is InChI=1S/C21H21FN6O2S/c1-28-12-18-16(7-8-17(27-31(18,24)30)13-5-3-2-4-6-13)20(28)21(29)26-14-9-15(11-23)25-19(22)10-14/h2-6,9-10,12,17,21,29H,7-8H2,1H3,(H,25,26)(H2,24,27,30)/t17-,21?,31?/m0/s1. The second kappa shape index (κ2) is 8.11. The molecule has 1 aromatic carbocycles. The number of rotatable bonds is 4. The van der Waals surface area contributed by atoms with Crippen molar-refractivity contribution >= 4 is 15.6 Å². The third kappa shape index (κ3) is 4.16. The maximum atomic E-state index is 13.7. The monoisotopic (exact) mass is 440 g/mol. The Morgan fingerprint density at radius 2 is 2.16 bits per heavy atom. The molecule has 160 valence electrons. The second-order valence-electron chi connectivity index (χ2n) is 7.37. The molecule has 0 saturated heterocycles. The molecule has 8 nitrogen and oxygen atoms in total. The molecule has 1 aliphatic rings. The van der Waals surface area contributed by atoms with Crippen LogP contribution in [0.2, 0.25) is 0 Å². The van der Waals surface area contributed by atoms with E-state index in [-0.39, 0.29) is 17.4 Å². The number of pyridine rings is 1. The third-order valence-corrected chi connectivity index (χ3v) is 6.86. The number of hydrogen-bond acceptors (Lipinski definition) is 6. The van der Waals surface area contributed by atoms with E-state index < -0.39 is 22.1 Å². The summed E-state index contributed by atoms with van der Waals surface area (Å²) in [7, 11) is -1.64. The summed E-state index contributed by atoms with van der Waals surface area (Å²) in [6.07, 6.45) is 1.38. The highest BCUT2D eigenvalue weighted by atomic mass is 32.2. The number of nitriles is 1. The number of anilines is 1. The van der Waals surface area contributed by atoms with Crippen molar-refractivity contribution < 1.29 is 13.7 Å². The Labute approximate surface area is 179 Å². The van der Waals surface area contributed by atoms with Gasteiger partial charge in [-0.2, -0.15) is 9.65 Å². The van der Waals surface area contributed by atoms with Gasteiger partial charge < -0.3 is 15.0 Å². The molecule has 4 rings (SSSR count). The van der Waals surface area contributed by atoms with Gasteiger partial charge in [0.2, 0.25) is 5.95 Å². The molecule has 0 saturated carbocycles. The Morgan fingerprint density at radius 3 is 2.87 bits per heavy atom. The summed E-state index contributed by atoms with van der Waals surface area (Å²) in [6, 6.07) is 13.4. The largest absolute Gasteiger partial charge is 0.368 e. The first-order valence-electron chi connectivity index (χ1n) is 9.60. The normalized spacial score (nSPS) is 21.5. The zero-order chi connectivity index (χ0) is 22.2. The van der Waals surface area contributed by atoms with Gasteiger partial charge in [0.05, 0.1) is 10.6 Å². The minimum absolute atomic E-state index is 0.121. The number of halogens is 1. The average molecular weight is 441 g/mol. The minimum Gasteiger partial charge on any atom is -0.368 e. The van der Waals surface area contributed by atoms with Crippen molar-refractivity contribution in [3.63, 3.8) is 0 Å². The number of fused-ring (bicyclic) bond motifs is 1. The van der Waals surface area contributed by atoms with E-state index in [0.29, 0.717) is 29.0 Å². The number of aliphatic hydroxyl groups is 1. The fourth-order valence-electron chi connectivity index (χ4n) is 3.91. The van der Waals surface area contributed by atoms with Crippen LogP contribution in [0.1, 0.15) is 41.2 Å². The highest BCUT2D eigenvalue weighted by Gasteiger charge is 2.31. The topological polar surface area (TPSA) is 127 Å². The van der Waals surface area contributed by atoms with Gasteiger partial charge in [0, 0.05) is 31.0 Å². The van der Waals surface area contributed by atoms with Gasteiger partial charge in [-0.1, -0.05) is 30.3 Å². The first-order valence-corrected chi connectivity index (χ1v) is 11.2. The van der Waals surface area contributed by atoms with Gasteiger partial charge in [-0.25, -0.2) is 18.7 Å². The third-order valence-electron chi connectivity index (χ3n) is 5.27. The molecule has 2 unspecified atom stereocenters. The van der Waals surface area contributed by atoms with Crippen LogP contribution in [-0.2, 0) is 23.4 Å². The van der Waals surface area contributed by atoms with E-state index >= 15 is 0 Å². The lowest BCUT2D eigenvalue weighted by Gasteiger charge is -2.19. The molecule has 3 atom stereocenters. The summed E-state index contributed by atoms with van der Waals surface area (Å²) in [6.45, 7) is 0. The lowest BCUT2D eigenvalue weighted by atomic mass is 9.99. The van der Waals surface area contributed by atoms with Gasteiger partial charge in [-0.15, -0.1) is 0 Å². The smallest absolute Gasteiger partial charge is 0.216 e. The van der Waals surface area contributed by atoms with Crippen LogP contribution in [0.3, 0.4) is 0 Å². The van der Waals surface area contributed by atoms with Gasteiger partial charge in [-0.3, -0.25) is 0 Å². The molecule has 0 aliphatic carbocycles. The Morgan fingerprint density at radius 1 is 1.42 bits per heavy atom. The number of aryl methyl sites for hydroxylation is 1. The van der Waals surface area contributed by atoms with E-state index in [1.807, 2.05) is 30.3 Å². The summed E-state index contributed by atoms with van der Waals surface area (Å²) in [5, 5.41) is 22.6. The van der Waals surface area contributed by atoms with E-state index in [9.17, 15) is 13.7 Å². The van der Waals surface area contributed by atoms with Crippen LogP contribution >= 0.6 is 0 Å². The molecule has 0 amide bonds. The Hall–Kier alpha value is -3.26. The molecular weight excluding hydrogens is 419 g/mol. The highest BCUT2D eigenvalue weighted by molar-refractivity contribution is 7.90. The average Bonchev–Trinajstić information content (AvgIpc) is 3.02. The number of aromatic nitrogens is 2. The lowest BCUT2D eigenvalue weighted by Crippen LogP contribution is -2.26. The molecule has 1 aliphatic heterocycles. The van der Waals surface area contributed by atoms with E-state index in [1.165, 1.54) is 6.07 Å². The number of aliphatic hydroxyl groups excluding tert-OH is 1. The number of hydrogen-bond donors (Lipinski definition) is 4. The van der Waals surface area contributed by atoms with Crippen LogP contribution in [0.25, 0.3) is 0 Å². The first kappa shape index (κ1) is 21.0. The van der Waals surface area contributed by atoms with E-state index in [1.54, 1.807) is 23.9 Å². The van der Waals surface area contributed by atoms with E-state index in [2.05, 4.69) is 15.0 Å². The quantitative estimate of drug-likeness (QED) is 0.366. The predicted molar refractivity (Wildman–Crippen MR) is 113 cm³/mol. The molecule has 3 heterocycles. The molecule has 0 fully saturated rings. The van der Waals surface area contributed by atoms with Crippen molar-refractivity contribution in [1.29, 1.82) is 10.0 Å². The SMILES string of the molecule is Cn1cc2c(c1C(O)Nc1cc(F)nc(C#N)c1)CC[C@@H](c1ccccc1)NS2(=N)=O. The summed E-state index contributed by atoms with van der Waals surface area (Å²) in [4.78, 5) is 3.78. The van der Waals surface area contributed by atoms with Crippen LogP contribution in [0.4, 0.5) is 10.1 Å². The molecule has 0 bridgehead atoms. The van der Waals surface area contributed by atoms with Crippen LogP contribution in [0, 0.1) is 22.1 Å². The molecule has 10 heteroatoms. The number of benzene rings is 1. The van der Waals surface area contributed by atoms with Crippen molar-refractivity contribution in [1.82, 2.24) is 14.3 Å². The van der Waals surface area contributed by atoms with Crippen LogP contribution < -0.4 is 10.0 Å². The lowest BCUT2D eigenvalue weighted by molar-refractivity contribution is 0.198. The Balaban J connectivity index is 1.68. The zero-order valence-electron chi connectivity index (χ0n) is 16.7. The second-order valence-corrected chi connectivity index (χ2v) is 9.15. The summed E-state index contributed by atoms with van der Waals surface area (Å²) >= 11 is 0. The number of nitrogens with one attached hydrogen (secondary N) is 3. The highest BCUT2D eigenvalue weighted by Crippen LogP contribution is 2.35. The molecule has 0 radical (unpaired) electrons. The Kier molecular flexibility index (Phi) is 5.49. The molecular formula is C21H21FN6O2S. The Bertz CT molecular complexity index is 1270. The molecule has 4 N–H and O–H groups in total. The summed E-state index contributed by atoms with van der Waals surface area (Å²) in [5.74, 6) is -0.844.